The fourth-order valence-corrected chi connectivity index (χ4v) is 3.14. The Hall–Kier alpha value is -0.740. The summed E-state index contributed by atoms with van der Waals surface area (Å²) in [5, 5.41) is 8.85. The first-order valence-corrected chi connectivity index (χ1v) is 7.47. The van der Waals surface area contributed by atoms with Crippen molar-refractivity contribution in [1.29, 1.82) is 0 Å². The Morgan fingerprint density at radius 2 is 1.93 bits per heavy atom. The van der Waals surface area contributed by atoms with Gasteiger partial charge in [0.15, 0.2) is 0 Å². The lowest BCUT2D eigenvalue weighted by molar-refractivity contribution is -0.139. The van der Waals surface area contributed by atoms with E-state index in [1.807, 2.05) is 13.8 Å². The molecule has 0 aliphatic carbocycles. The average Bonchev–Trinajstić information content (AvgIpc) is 2.23. The maximum absolute atomic E-state index is 12.0. The lowest BCUT2D eigenvalue weighted by Crippen LogP contribution is -2.14. The van der Waals surface area contributed by atoms with Crippen LogP contribution in [0.2, 0.25) is 0 Å². The maximum Gasteiger partial charge on any atom is 0.318 e. The molecule has 3 nitrogen and oxygen atoms in total. The molecule has 0 saturated carbocycles. The molecule has 0 aliphatic rings. The van der Waals surface area contributed by atoms with Crippen LogP contribution in [0.1, 0.15) is 27.2 Å². The van der Waals surface area contributed by atoms with Crippen molar-refractivity contribution < 1.29 is 14.5 Å². The van der Waals surface area contributed by atoms with Crippen LogP contribution in [0.4, 0.5) is 0 Å². The Morgan fingerprint density at radius 3 is 2.27 bits per heavy atom. The molecule has 0 radical (unpaired) electrons. The Morgan fingerprint density at radius 1 is 1.40 bits per heavy atom. The number of hydrogen-bond acceptors (Lipinski definition) is 2. The summed E-state index contributed by atoms with van der Waals surface area (Å²) in [7, 11) is -2.13. The van der Waals surface area contributed by atoms with E-state index in [1.54, 1.807) is 6.92 Å². The Balaban J connectivity index is 4.38. The van der Waals surface area contributed by atoms with Crippen LogP contribution in [0.25, 0.3) is 0 Å². The van der Waals surface area contributed by atoms with E-state index in [0.29, 0.717) is 24.9 Å². The molecule has 0 bridgehead atoms. The molecule has 86 valence electrons. The molecule has 1 N–H and O–H groups in total. The van der Waals surface area contributed by atoms with Gasteiger partial charge >= 0.3 is 5.97 Å². The number of rotatable bonds is 6. The van der Waals surface area contributed by atoms with Crippen molar-refractivity contribution in [3.8, 4) is 11.8 Å². The van der Waals surface area contributed by atoms with Crippen molar-refractivity contribution in [2.45, 2.75) is 27.2 Å². The van der Waals surface area contributed by atoms with Crippen LogP contribution in [0.5, 0.6) is 0 Å². The lowest BCUT2D eigenvalue weighted by Gasteiger charge is -2.14. The largest absolute Gasteiger partial charge is 0.480 e. The van der Waals surface area contributed by atoms with Crippen LogP contribution < -0.4 is 0 Å². The third kappa shape index (κ3) is 5.04. The second-order valence-electron chi connectivity index (χ2n) is 3.49. The highest BCUT2D eigenvalue weighted by atomic mass is 31.2. The molecule has 0 fully saturated rings. The van der Waals surface area contributed by atoms with Crippen LogP contribution in [0, 0.1) is 17.8 Å². The van der Waals surface area contributed by atoms with Gasteiger partial charge in [0, 0.05) is 6.16 Å². The minimum atomic E-state index is -2.13. The maximum atomic E-state index is 12.0. The smallest absolute Gasteiger partial charge is 0.318 e. The van der Waals surface area contributed by atoms with Gasteiger partial charge in [-0.1, -0.05) is 19.8 Å². The van der Waals surface area contributed by atoms with Crippen LogP contribution in [0.3, 0.4) is 0 Å². The fourth-order valence-electron chi connectivity index (χ4n) is 1.34. The highest BCUT2D eigenvalue weighted by Gasteiger charge is 2.22. The molecule has 0 aromatic heterocycles. The van der Waals surface area contributed by atoms with E-state index >= 15 is 0 Å². The third-order valence-electron chi connectivity index (χ3n) is 2.59. The number of carboxylic acids is 1. The van der Waals surface area contributed by atoms with E-state index in [0.717, 1.165) is 0 Å². The first kappa shape index (κ1) is 14.3. The molecule has 1 unspecified atom stereocenters. The van der Waals surface area contributed by atoms with Gasteiger partial charge < -0.3 is 9.67 Å². The predicted molar refractivity (Wildman–Crippen MR) is 62.7 cm³/mol. The van der Waals surface area contributed by atoms with Crippen LogP contribution in [-0.2, 0) is 9.36 Å². The molecule has 0 saturated heterocycles. The van der Waals surface area contributed by atoms with Crippen LogP contribution in [-0.4, -0.2) is 29.6 Å². The molecular weight excluding hydrogens is 211 g/mol. The highest BCUT2D eigenvalue weighted by Crippen LogP contribution is 2.45. The third-order valence-corrected chi connectivity index (χ3v) is 5.97. The summed E-state index contributed by atoms with van der Waals surface area (Å²) in [4.78, 5) is 10.8. The molecular formula is C11H19O3P. The number of carboxylic acid groups (broad SMARTS) is 1. The SMILES string of the molecule is CC#CC(CCP(=O)(CC)CC)C(=O)O. The molecule has 1 atom stereocenters. The zero-order valence-corrected chi connectivity index (χ0v) is 10.5. The van der Waals surface area contributed by atoms with Crippen molar-refractivity contribution in [3.63, 3.8) is 0 Å². The predicted octanol–water partition coefficient (Wildman–Crippen LogP) is 2.50. The lowest BCUT2D eigenvalue weighted by atomic mass is 10.1. The minimum Gasteiger partial charge on any atom is -0.480 e. The van der Waals surface area contributed by atoms with Gasteiger partial charge in [0.2, 0.25) is 0 Å². The quantitative estimate of drug-likeness (QED) is 0.563. The molecule has 0 heterocycles. The summed E-state index contributed by atoms with van der Waals surface area (Å²) in [6.45, 7) is 5.41. The van der Waals surface area contributed by atoms with Crippen molar-refractivity contribution >= 4 is 13.1 Å². The van der Waals surface area contributed by atoms with Crippen molar-refractivity contribution in [2.75, 3.05) is 18.5 Å². The van der Waals surface area contributed by atoms with E-state index in [9.17, 15) is 9.36 Å². The van der Waals surface area contributed by atoms with Gasteiger partial charge in [-0.2, -0.15) is 0 Å². The molecule has 4 heteroatoms. The molecule has 15 heavy (non-hydrogen) atoms. The summed E-state index contributed by atoms with van der Waals surface area (Å²) >= 11 is 0. The summed E-state index contributed by atoms with van der Waals surface area (Å²) < 4.78 is 12.0. The molecule has 0 aromatic rings. The Labute approximate surface area is 91.6 Å². The number of aliphatic carboxylic acids is 1. The van der Waals surface area contributed by atoms with Gasteiger partial charge in [0.25, 0.3) is 0 Å². The van der Waals surface area contributed by atoms with Crippen molar-refractivity contribution in [2.24, 2.45) is 5.92 Å². The summed E-state index contributed by atoms with van der Waals surface area (Å²) in [6, 6.07) is 0. The van der Waals surface area contributed by atoms with Gasteiger partial charge in [-0.25, -0.2) is 0 Å². The second kappa shape index (κ2) is 6.69. The monoisotopic (exact) mass is 230 g/mol. The Bertz CT molecular complexity index is 304. The van der Waals surface area contributed by atoms with E-state index < -0.39 is 19.0 Å². The van der Waals surface area contributed by atoms with Gasteiger partial charge in [-0.05, 0) is 25.7 Å². The average molecular weight is 230 g/mol. The van der Waals surface area contributed by atoms with E-state index in [2.05, 4.69) is 11.8 Å². The normalized spacial score (nSPS) is 12.7. The van der Waals surface area contributed by atoms with E-state index in [1.165, 1.54) is 0 Å². The van der Waals surface area contributed by atoms with E-state index in [-0.39, 0.29) is 0 Å². The number of hydrogen-bond donors (Lipinski definition) is 1. The molecule has 0 aromatic carbocycles. The van der Waals surface area contributed by atoms with Gasteiger partial charge in [0.1, 0.15) is 5.92 Å². The number of carbonyl (C=O) groups is 1. The first-order chi connectivity index (χ1) is 6.99. The highest BCUT2D eigenvalue weighted by molar-refractivity contribution is 7.63. The summed E-state index contributed by atoms with van der Waals surface area (Å²) in [5.41, 5.74) is 0. The van der Waals surface area contributed by atoms with Gasteiger partial charge in [-0.15, -0.1) is 5.92 Å². The Kier molecular flexibility index (Phi) is 6.36. The zero-order chi connectivity index (χ0) is 11.9. The molecule has 0 spiro atoms. The topological polar surface area (TPSA) is 54.4 Å². The second-order valence-corrected chi connectivity index (χ2v) is 7.32. The minimum absolute atomic E-state index is 0.398. The van der Waals surface area contributed by atoms with Gasteiger partial charge in [0.05, 0.1) is 7.14 Å². The fraction of sp³-hybridized carbons (Fsp3) is 0.727. The van der Waals surface area contributed by atoms with E-state index in [4.69, 9.17) is 5.11 Å². The summed E-state index contributed by atoms with van der Waals surface area (Å²) in [5.74, 6) is 3.65. The zero-order valence-electron chi connectivity index (χ0n) is 9.62. The molecule has 0 aliphatic heterocycles. The summed E-state index contributed by atoms with van der Waals surface area (Å²) in [6.07, 6.45) is 2.19. The van der Waals surface area contributed by atoms with Crippen molar-refractivity contribution in [1.82, 2.24) is 0 Å². The van der Waals surface area contributed by atoms with Crippen molar-refractivity contribution in [3.05, 3.63) is 0 Å². The molecule has 0 amide bonds. The van der Waals surface area contributed by atoms with Crippen LogP contribution >= 0.6 is 7.14 Å². The van der Waals surface area contributed by atoms with Gasteiger partial charge in [-0.3, -0.25) is 4.79 Å². The first-order valence-electron chi connectivity index (χ1n) is 5.21. The molecule has 0 rings (SSSR count). The van der Waals surface area contributed by atoms with Crippen LogP contribution in [0.15, 0.2) is 0 Å². The standard InChI is InChI=1S/C11H19O3P/c1-4-7-10(11(12)13)8-9-15(14,5-2)6-3/h10H,5-6,8-9H2,1-3H3,(H,12,13).